The Bertz CT molecular complexity index is 625. The van der Waals surface area contributed by atoms with Crippen LogP contribution >= 0.6 is 0 Å². The van der Waals surface area contributed by atoms with E-state index in [1.165, 1.54) is 33.6 Å². The second kappa shape index (κ2) is 8.90. The summed E-state index contributed by atoms with van der Waals surface area (Å²) >= 11 is 0. The van der Waals surface area contributed by atoms with Crippen LogP contribution in [0, 0.1) is 13.8 Å². The van der Waals surface area contributed by atoms with Crippen molar-refractivity contribution in [3.05, 3.63) is 53.6 Å². The minimum atomic E-state index is 0.701. The molecular weight excluding hydrogens is 296 g/mol. The first-order valence-electron chi connectivity index (χ1n) is 8.46. The fourth-order valence-electron chi connectivity index (χ4n) is 2.72. The quantitative estimate of drug-likeness (QED) is 0.751. The summed E-state index contributed by atoms with van der Waals surface area (Å²) in [6.07, 6.45) is 1.21. The summed E-state index contributed by atoms with van der Waals surface area (Å²) in [6.45, 7) is 9.82. The molecule has 1 N–H and O–H groups in total. The van der Waals surface area contributed by atoms with Crippen LogP contribution in [-0.4, -0.2) is 41.1 Å². The van der Waals surface area contributed by atoms with Gasteiger partial charge in [-0.3, -0.25) is 0 Å². The number of likely N-dealkylation sites (N-methyl/N-ethyl adjacent to an activating group) is 1. The van der Waals surface area contributed by atoms with Crippen molar-refractivity contribution < 1.29 is 0 Å². The highest BCUT2D eigenvalue weighted by atomic mass is 28.2. The van der Waals surface area contributed by atoms with Crippen molar-refractivity contribution in [2.75, 3.05) is 32.0 Å². The second-order valence-electron chi connectivity index (χ2n) is 6.22. The van der Waals surface area contributed by atoms with Crippen LogP contribution in [0.2, 0.25) is 0 Å². The maximum Gasteiger partial charge on any atom is 0.124 e. The fraction of sp³-hybridized carbons (Fsp3) is 0.400. The van der Waals surface area contributed by atoms with Crippen molar-refractivity contribution >= 4 is 25.6 Å². The van der Waals surface area contributed by atoms with Crippen molar-refractivity contribution in [3.8, 4) is 0 Å². The van der Waals surface area contributed by atoms with E-state index in [1.54, 1.807) is 0 Å². The van der Waals surface area contributed by atoms with Gasteiger partial charge in [0.15, 0.2) is 0 Å². The first-order valence-corrected chi connectivity index (χ1v) is 9.46. The molecule has 2 aromatic rings. The predicted octanol–water partition coefficient (Wildman–Crippen LogP) is 2.71. The third-order valence-corrected chi connectivity index (χ3v) is 5.53. The Labute approximate surface area is 143 Å². The van der Waals surface area contributed by atoms with Gasteiger partial charge in [-0.15, -0.1) is 0 Å². The lowest BCUT2D eigenvalue weighted by atomic mass is 10.2. The molecule has 0 saturated carbocycles. The maximum atomic E-state index is 3.62. The summed E-state index contributed by atoms with van der Waals surface area (Å²) < 4.78 is 0. The zero-order chi connectivity index (χ0) is 16.7. The molecule has 0 spiro atoms. The Morgan fingerprint density at radius 1 is 1.00 bits per heavy atom. The Morgan fingerprint density at radius 2 is 1.78 bits per heavy atom. The van der Waals surface area contributed by atoms with Gasteiger partial charge in [-0.2, -0.15) is 0 Å². The number of para-hydroxylation sites is 1. The molecule has 0 aromatic heterocycles. The van der Waals surface area contributed by atoms with Gasteiger partial charge >= 0.3 is 0 Å². The topological polar surface area (TPSA) is 15.3 Å². The summed E-state index contributed by atoms with van der Waals surface area (Å²) in [7, 11) is 2.89. The molecule has 0 unspecified atom stereocenters. The molecule has 0 heterocycles. The first kappa shape index (κ1) is 17.8. The van der Waals surface area contributed by atoms with Gasteiger partial charge in [0.1, 0.15) is 9.52 Å². The van der Waals surface area contributed by atoms with E-state index in [0.29, 0.717) is 9.52 Å². The van der Waals surface area contributed by atoms with Crippen LogP contribution in [0.15, 0.2) is 42.5 Å². The van der Waals surface area contributed by atoms with Crippen LogP contribution in [-0.2, 0) is 0 Å². The van der Waals surface area contributed by atoms with Crippen molar-refractivity contribution in [3.63, 3.8) is 0 Å². The van der Waals surface area contributed by atoms with E-state index in [1.807, 2.05) is 0 Å². The molecule has 2 aromatic carbocycles. The van der Waals surface area contributed by atoms with Crippen LogP contribution < -0.4 is 15.7 Å². The molecule has 2 rings (SSSR count). The highest BCUT2D eigenvalue weighted by molar-refractivity contribution is 6.69. The number of nitrogens with zero attached hydrogens (tertiary/aromatic N) is 1. The van der Waals surface area contributed by atoms with Crippen LogP contribution in [0.3, 0.4) is 0 Å². The van der Waals surface area contributed by atoms with Gasteiger partial charge < -0.3 is 10.2 Å². The Morgan fingerprint density at radius 3 is 2.52 bits per heavy atom. The van der Waals surface area contributed by atoms with E-state index in [2.05, 4.69) is 80.5 Å². The first-order chi connectivity index (χ1) is 11.1. The predicted molar refractivity (Wildman–Crippen MR) is 104 cm³/mol. The molecule has 0 aliphatic heterocycles. The maximum absolute atomic E-state index is 3.62. The average Bonchev–Trinajstić information content (AvgIpc) is 2.52. The molecule has 2 radical (unpaired) electrons. The molecule has 0 amide bonds. The molecule has 122 valence electrons. The summed E-state index contributed by atoms with van der Waals surface area (Å²) in [5.41, 5.74) is 4.00. The van der Waals surface area contributed by atoms with Gasteiger partial charge in [0.2, 0.25) is 0 Å². The third kappa shape index (κ3) is 5.52. The van der Waals surface area contributed by atoms with E-state index in [0.717, 1.165) is 19.6 Å². The van der Waals surface area contributed by atoms with Gasteiger partial charge in [-0.05, 0) is 45.1 Å². The molecule has 3 heteroatoms. The molecule has 0 saturated heterocycles. The summed E-state index contributed by atoms with van der Waals surface area (Å²) in [5.74, 6) is 0. The lowest BCUT2D eigenvalue weighted by molar-refractivity contribution is 0.348. The van der Waals surface area contributed by atoms with Crippen LogP contribution in [0.1, 0.15) is 24.5 Å². The molecule has 0 aliphatic carbocycles. The Hall–Kier alpha value is -1.58. The van der Waals surface area contributed by atoms with E-state index in [9.17, 15) is 0 Å². The highest BCUT2D eigenvalue weighted by Crippen LogP contribution is 2.04. The summed E-state index contributed by atoms with van der Waals surface area (Å²) in [5, 5.41) is 6.46. The van der Waals surface area contributed by atoms with Crippen molar-refractivity contribution in [1.29, 1.82) is 0 Å². The number of hydrogen-bond acceptors (Lipinski definition) is 2. The molecule has 0 fully saturated rings. The lowest BCUT2D eigenvalue weighted by Crippen LogP contribution is -2.32. The standard InChI is InChI=1S/C20H28N2Si/c1-5-13-22(4)14-12-21-18-8-6-7-9-20(18)23-19-11-10-16(2)15-17(19)3/h6-11,15,21H,5,12-14H2,1-4H3. The van der Waals surface area contributed by atoms with Gasteiger partial charge in [0.25, 0.3) is 0 Å². The Kier molecular flexibility index (Phi) is 6.87. The van der Waals surface area contributed by atoms with Gasteiger partial charge in [-0.25, -0.2) is 0 Å². The van der Waals surface area contributed by atoms with Gasteiger partial charge in [-0.1, -0.05) is 59.6 Å². The van der Waals surface area contributed by atoms with Crippen molar-refractivity contribution in [1.82, 2.24) is 4.90 Å². The number of benzene rings is 2. The van der Waals surface area contributed by atoms with E-state index in [4.69, 9.17) is 0 Å². The largest absolute Gasteiger partial charge is 0.384 e. The molecule has 23 heavy (non-hydrogen) atoms. The zero-order valence-corrected chi connectivity index (χ0v) is 15.8. The summed E-state index contributed by atoms with van der Waals surface area (Å²) in [6, 6.07) is 15.5. The van der Waals surface area contributed by atoms with Crippen molar-refractivity contribution in [2.45, 2.75) is 27.2 Å². The second-order valence-corrected chi connectivity index (χ2v) is 7.55. The van der Waals surface area contributed by atoms with E-state index in [-0.39, 0.29) is 0 Å². The Balaban J connectivity index is 2.02. The fourth-order valence-corrected chi connectivity index (χ4v) is 3.93. The van der Waals surface area contributed by atoms with E-state index < -0.39 is 0 Å². The minimum absolute atomic E-state index is 0.701. The zero-order valence-electron chi connectivity index (χ0n) is 14.8. The molecule has 0 aliphatic rings. The number of aryl methyl sites for hydroxylation is 2. The van der Waals surface area contributed by atoms with Crippen LogP contribution in [0.25, 0.3) is 0 Å². The van der Waals surface area contributed by atoms with Crippen molar-refractivity contribution in [2.24, 2.45) is 0 Å². The normalized spacial score (nSPS) is 11.0. The van der Waals surface area contributed by atoms with Gasteiger partial charge in [0.05, 0.1) is 0 Å². The highest BCUT2D eigenvalue weighted by Gasteiger charge is 2.07. The number of hydrogen-bond donors (Lipinski definition) is 1. The third-order valence-electron chi connectivity index (χ3n) is 3.99. The number of nitrogens with one attached hydrogen (secondary N) is 1. The monoisotopic (exact) mass is 324 g/mol. The SMILES string of the molecule is CCCN(C)CCNc1ccccc1[Si]c1ccc(C)cc1C. The van der Waals surface area contributed by atoms with Crippen LogP contribution in [0.4, 0.5) is 5.69 Å². The average molecular weight is 325 g/mol. The van der Waals surface area contributed by atoms with Crippen LogP contribution in [0.5, 0.6) is 0 Å². The molecule has 2 nitrogen and oxygen atoms in total. The number of anilines is 1. The lowest BCUT2D eigenvalue weighted by Gasteiger charge is -2.17. The molecular formula is C20H28N2Si. The van der Waals surface area contributed by atoms with Gasteiger partial charge in [0, 0.05) is 18.8 Å². The minimum Gasteiger partial charge on any atom is -0.384 e. The summed E-state index contributed by atoms with van der Waals surface area (Å²) in [4.78, 5) is 2.38. The van der Waals surface area contributed by atoms with E-state index >= 15 is 0 Å². The number of rotatable bonds is 8. The molecule has 0 atom stereocenters. The smallest absolute Gasteiger partial charge is 0.124 e. The molecule has 0 bridgehead atoms.